The smallest absolute Gasteiger partial charge is 0.220 e. The van der Waals surface area contributed by atoms with Gasteiger partial charge in [-0.15, -0.1) is 0 Å². The Morgan fingerprint density at radius 1 is 1.14 bits per heavy atom. The molecule has 0 radical (unpaired) electrons. The fraction of sp³-hybridized carbons (Fsp3) is 0.588. The zero-order valence-corrected chi connectivity index (χ0v) is 13.6. The van der Waals surface area contributed by atoms with E-state index in [4.69, 9.17) is 9.47 Å². The Labute approximate surface area is 127 Å². The molecule has 21 heavy (non-hydrogen) atoms. The number of aryl methyl sites for hydroxylation is 1. The van der Waals surface area contributed by atoms with Gasteiger partial charge < -0.3 is 14.8 Å². The van der Waals surface area contributed by atoms with E-state index in [9.17, 15) is 4.79 Å². The monoisotopic (exact) mass is 293 g/mol. The summed E-state index contributed by atoms with van der Waals surface area (Å²) in [5.41, 5.74) is 1.08. The van der Waals surface area contributed by atoms with Gasteiger partial charge in [-0.2, -0.15) is 0 Å². The van der Waals surface area contributed by atoms with Gasteiger partial charge in [0.25, 0.3) is 0 Å². The van der Waals surface area contributed by atoms with Gasteiger partial charge >= 0.3 is 0 Å². The Hall–Kier alpha value is -1.71. The van der Waals surface area contributed by atoms with E-state index in [0.29, 0.717) is 26.1 Å². The number of carbonyl (C=O) groups is 1. The molecule has 0 aliphatic heterocycles. The van der Waals surface area contributed by atoms with Gasteiger partial charge in [-0.05, 0) is 51.3 Å². The van der Waals surface area contributed by atoms with Crippen molar-refractivity contribution in [3.8, 4) is 11.5 Å². The van der Waals surface area contributed by atoms with Crippen molar-refractivity contribution < 1.29 is 14.3 Å². The maximum Gasteiger partial charge on any atom is 0.220 e. The average Bonchev–Trinajstić information content (AvgIpc) is 2.47. The van der Waals surface area contributed by atoms with E-state index >= 15 is 0 Å². The van der Waals surface area contributed by atoms with Crippen LogP contribution in [0.2, 0.25) is 0 Å². The molecular weight excluding hydrogens is 266 g/mol. The normalized spacial score (nSPS) is 11.8. The fourth-order valence-electron chi connectivity index (χ4n) is 1.96. The van der Waals surface area contributed by atoms with Crippen LogP contribution in [-0.2, 0) is 11.2 Å². The lowest BCUT2D eigenvalue weighted by atomic mass is 10.1. The Morgan fingerprint density at radius 3 is 2.43 bits per heavy atom. The molecule has 4 nitrogen and oxygen atoms in total. The molecule has 1 rings (SSSR count). The Kier molecular flexibility index (Phi) is 7.65. The highest BCUT2D eigenvalue weighted by Gasteiger charge is 2.09. The molecule has 1 aromatic carbocycles. The van der Waals surface area contributed by atoms with Gasteiger partial charge in [-0.25, -0.2) is 0 Å². The third-order valence-corrected chi connectivity index (χ3v) is 3.27. The molecule has 1 aromatic rings. The average molecular weight is 293 g/mol. The summed E-state index contributed by atoms with van der Waals surface area (Å²) in [6, 6.07) is 6.10. The van der Waals surface area contributed by atoms with Crippen LogP contribution in [0, 0.1) is 0 Å². The molecule has 118 valence electrons. The topological polar surface area (TPSA) is 47.6 Å². The standard InChI is InChI=1S/C17H27NO3/c1-5-13(4)18-17(19)11-9-14-8-10-15(20-6-2)16(12-14)21-7-3/h8,10,12-13H,5-7,9,11H2,1-4H3,(H,18,19). The van der Waals surface area contributed by atoms with Gasteiger partial charge in [0, 0.05) is 12.5 Å². The number of nitrogens with one attached hydrogen (secondary N) is 1. The van der Waals surface area contributed by atoms with Crippen molar-refractivity contribution in [1.29, 1.82) is 0 Å². The summed E-state index contributed by atoms with van der Waals surface area (Å²) in [7, 11) is 0. The minimum atomic E-state index is 0.0937. The van der Waals surface area contributed by atoms with Gasteiger partial charge in [-0.1, -0.05) is 13.0 Å². The van der Waals surface area contributed by atoms with Crippen LogP contribution in [0.1, 0.15) is 46.1 Å². The van der Waals surface area contributed by atoms with Crippen molar-refractivity contribution >= 4 is 5.91 Å². The second-order valence-electron chi connectivity index (χ2n) is 5.02. The van der Waals surface area contributed by atoms with Crippen molar-refractivity contribution in [1.82, 2.24) is 5.32 Å². The second-order valence-corrected chi connectivity index (χ2v) is 5.02. The van der Waals surface area contributed by atoms with Crippen molar-refractivity contribution in [2.45, 2.75) is 53.0 Å². The number of carbonyl (C=O) groups excluding carboxylic acids is 1. The number of amides is 1. The fourth-order valence-corrected chi connectivity index (χ4v) is 1.96. The molecule has 1 N–H and O–H groups in total. The summed E-state index contributed by atoms with van der Waals surface area (Å²) >= 11 is 0. The van der Waals surface area contributed by atoms with Crippen LogP contribution < -0.4 is 14.8 Å². The van der Waals surface area contributed by atoms with E-state index in [1.807, 2.05) is 39.0 Å². The molecule has 0 aliphatic carbocycles. The predicted octanol–water partition coefficient (Wildman–Crippen LogP) is 3.33. The third-order valence-electron chi connectivity index (χ3n) is 3.27. The Bertz CT molecular complexity index is 446. The van der Waals surface area contributed by atoms with Crippen LogP contribution in [0.25, 0.3) is 0 Å². The molecule has 0 bridgehead atoms. The Morgan fingerprint density at radius 2 is 1.81 bits per heavy atom. The van der Waals surface area contributed by atoms with E-state index in [1.54, 1.807) is 0 Å². The van der Waals surface area contributed by atoms with Crippen LogP contribution in [0.4, 0.5) is 0 Å². The first-order chi connectivity index (χ1) is 10.1. The van der Waals surface area contributed by atoms with Crippen LogP contribution in [-0.4, -0.2) is 25.2 Å². The lowest BCUT2D eigenvalue weighted by molar-refractivity contribution is -0.121. The van der Waals surface area contributed by atoms with Crippen LogP contribution >= 0.6 is 0 Å². The van der Waals surface area contributed by atoms with Crippen molar-refractivity contribution in [3.63, 3.8) is 0 Å². The van der Waals surface area contributed by atoms with E-state index < -0.39 is 0 Å². The van der Waals surface area contributed by atoms with E-state index in [2.05, 4.69) is 12.2 Å². The number of ether oxygens (including phenoxy) is 2. The summed E-state index contributed by atoms with van der Waals surface area (Å²) < 4.78 is 11.1. The van der Waals surface area contributed by atoms with Gasteiger partial charge in [0.1, 0.15) is 0 Å². The first kappa shape index (κ1) is 17.3. The van der Waals surface area contributed by atoms with Crippen LogP contribution in [0.3, 0.4) is 0 Å². The molecule has 4 heteroatoms. The Balaban J connectivity index is 2.62. The minimum Gasteiger partial charge on any atom is -0.490 e. The maximum absolute atomic E-state index is 11.8. The summed E-state index contributed by atoms with van der Waals surface area (Å²) in [4.78, 5) is 11.8. The maximum atomic E-state index is 11.8. The first-order valence-electron chi connectivity index (χ1n) is 7.78. The largest absolute Gasteiger partial charge is 0.490 e. The highest BCUT2D eigenvalue weighted by molar-refractivity contribution is 5.76. The highest BCUT2D eigenvalue weighted by Crippen LogP contribution is 2.28. The first-order valence-corrected chi connectivity index (χ1v) is 7.78. The number of hydrogen-bond donors (Lipinski definition) is 1. The molecule has 0 saturated carbocycles. The van der Waals surface area contributed by atoms with E-state index in [-0.39, 0.29) is 11.9 Å². The zero-order valence-electron chi connectivity index (χ0n) is 13.6. The summed E-state index contributed by atoms with van der Waals surface area (Å²) in [6.45, 7) is 9.17. The number of hydrogen-bond acceptors (Lipinski definition) is 3. The number of rotatable bonds is 9. The predicted molar refractivity (Wildman–Crippen MR) is 85.0 cm³/mol. The molecule has 0 spiro atoms. The SMILES string of the molecule is CCOc1ccc(CCC(=O)NC(C)CC)cc1OCC. The van der Waals surface area contributed by atoms with Crippen molar-refractivity contribution in [2.75, 3.05) is 13.2 Å². The van der Waals surface area contributed by atoms with Crippen molar-refractivity contribution in [3.05, 3.63) is 23.8 Å². The summed E-state index contributed by atoms with van der Waals surface area (Å²) in [5.74, 6) is 1.60. The molecule has 0 aromatic heterocycles. The zero-order chi connectivity index (χ0) is 15.7. The highest BCUT2D eigenvalue weighted by atomic mass is 16.5. The van der Waals surface area contributed by atoms with Crippen molar-refractivity contribution in [2.24, 2.45) is 0 Å². The quantitative estimate of drug-likeness (QED) is 0.759. The third kappa shape index (κ3) is 6.06. The van der Waals surface area contributed by atoms with Crippen LogP contribution in [0.15, 0.2) is 18.2 Å². The van der Waals surface area contributed by atoms with E-state index in [1.165, 1.54) is 0 Å². The lowest BCUT2D eigenvalue weighted by Crippen LogP contribution is -2.31. The van der Waals surface area contributed by atoms with Crippen LogP contribution in [0.5, 0.6) is 11.5 Å². The van der Waals surface area contributed by atoms with Gasteiger partial charge in [0.2, 0.25) is 5.91 Å². The second kappa shape index (κ2) is 9.27. The molecule has 0 heterocycles. The molecule has 1 amide bonds. The summed E-state index contributed by atoms with van der Waals surface area (Å²) in [6.07, 6.45) is 2.14. The molecule has 1 atom stereocenters. The molecule has 0 aliphatic rings. The van der Waals surface area contributed by atoms with Gasteiger partial charge in [-0.3, -0.25) is 4.79 Å². The van der Waals surface area contributed by atoms with Gasteiger partial charge in [0.05, 0.1) is 13.2 Å². The molecule has 0 fully saturated rings. The lowest BCUT2D eigenvalue weighted by Gasteiger charge is -2.13. The van der Waals surface area contributed by atoms with Gasteiger partial charge in [0.15, 0.2) is 11.5 Å². The summed E-state index contributed by atoms with van der Waals surface area (Å²) in [5, 5.41) is 2.98. The molecular formula is C17H27NO3. The number of benzene rings is 1. The van der Waals surface area contributed by atoms with E-state index in [0.717, 1.165) is 23.5 Å². The molecule has 0 saturated heterocycles. The molecule has 1 unspecified atom stereocenters. The minimum absolute atomic E-state index is 0.0937.